The molecule has 3 aromatic rings. The van der Waals surface area contributed by atoms with E-state index in [2.05, 4.69) is 13.2 Å². The number of esters is 2. The van der Waals surface area contributed by atoms with Crippen LogP contribution in [0.15, 0.2) is 67.8 Å². The maximum absolute atomic E-state index is 12.5. The number of hydrogen-bond donors (Lipinski definition) is 0. The molecular formula is C38H46O10. The SMILES string of the molecule is C=CC(=O)Oc1c(OCC)cc(C(Cc2ccccc2)c2cc(OCC)c(OC(=O)C=C)c(OCC)c2OCC)c(OCC)c1OCC. The van der Waals surface area contributed by atoms with Gasteiger partial charge in [-0.05, 0) is 65.7 Å². The largest absolute Gasteiger partial charge is 0.490 e. The first-order valence-corrected chi connectivity index (χ1v) is 16.2. The normalized spacial score (nSPS) is 10.6. The van der Waals surface area contributed by atoms with Crippen LogP contribution < -0.4 is 37.9 Å². The highest BCUT2D eigenvalue weighted by molar-refractivity contribution is 5.86. The molecule has 0 unspecified atom stereocenters. The molecule has 48 heavy (non-hydrogen) atoms. The molecule has 3 rings (SSSR count). The summed E-state index contributed by atoms with van der Waals surface area (Å²) in [4.78, 5) is 25.0. The van der Waals surface area contributed by atoms with Gasteiger partial charge in [0.1, 0.15) is 0 Å². The third-order valence-corrected chi connectivity index (χ3v) is 6.90. The summed E-state index contributed by atoms with van der Waals surface area (Å²) < 4.78 is 48.4. The smallest absolute Gasteiger partial charge is 0.335 e. The molecular weight excluding hydrogens is 616 g/mol. The summed E-state index contributed by atoms with van der Waals surface area (Å²) in [6, 6.07) is 13.5. The lowest BCUT2D eigenvalue weighted by atomic mass is 9.83. The average molecular weight is 663 g/mol. The van der Waals surface area contributed by atoms with E-state index in [1.165, 1.54) is 0 Å². The van der Waals surface area contributed by atoms with Gasteiger partial charge < -0.3 is 37.9 Å². The monoisotopic (exact) mass is 662 g/mol. The Morgan fingerprint density at radius 3 is 1.29 bits per heavy atom. The van der Waals surface area contributed by atoms with Crippen molar-refractivity contribution in [2.24, 2.45) is 0 Å². The standard InChI is InChI=1S/C38H46O10/c1-9-31(39)47-35-29(41-11-3)23-27(33(43-13-5)37(35)45-15-7)26(22-25-20-18-17-19-21-25)28-24-30(42-12-4)36(48-32(40)10-2)38(46-16-8)34(28)44-14-6/h9-10,17-21,23-24,26H,1-2,11-16,22H2,3-8H3. The predicted molar refractivity (Wildman–Crippen MR) is 184 cm³/mol. The number of carbonyl (C=O) groups excluding carboxylic acids is 2. The van der Waals surface area contributed by atoms with E-state index in [0.29, 0.717) is 29.0 Å². The third kappa shape index (κ3) is 9.02. The highest BCUT2D eigenvalue weighted by atomic mass is 16.6. The van der Waals surface area contributed by atoms with Gasteiger partial charge in [0.05, 0.1) is 39.6 Å². The Kier molecular flexibility index (Phi) is 14.7. The van der Waals surface area contributed by atoms with Crippen molar-refractivity contribution in [1.29, 1.82) is 0 Å². The van der Waals surface area contributed by atoms with Gasteiger partial charge in [-0.15, -0.1) is 0 Å². The van der Waals surface area contributed by atoms with E-state index in [1.54, 1.807) is 12.1 Å². The molecule has 10 heteroatoms. The molecule has 0 atom stereocenters. The molecule has 0 amide bonds. The summed E-state index contributed by atoms with van der Waals surface area (Å²) >= 11 is 0. The lowest BCUT2D eigenvalue weighted by Gasteiger charge is -2.28. The third-order valence-electron chi connectivity index (χ3n) is 6.90. The maximum Gasteiger partial charge on any atom is 0.335 e. The van der Waals surface area contributed by atoms with Crippen LogP contribution in [0, 0.1) is 0 Å². The number of benzene rings is 3. The van der Waals surface area contributed by atoms with Crippen LogP contribution in [0.25, 0.3) is 0 Å². The van der Waals surface area contributed by atoms with Gasteiger partial charge in [0.2, 0.25) is 23.0 Å². The van der Waals surface area contributed by atoms with Gasteiger partial charge in [0, 0.05) is 29.2 Å². The number of rotatable bonds is 20. The molecule has 3 aromatic carbocycles. The highest BCUT2D eigenvalue weighted by Crippen LogP contribution is 2.55. The van der Waals surface area contributed by atoms with E-state index in [4.69, 9.17) is 37.9 Å². The van der Waals surface area contributed by atoms with E-state index in [1.807, 2.05) is 71.9 Å². The molecule has 0 saturated heterocycles. The first-order valence-electron chi connectivity index (χ1n) is 16.2. The fraction of sp³-hybridized carbons (Fsp3) is 0.368. The second-order valence-corrected chi connectivity index (χ2v) is 9.99. The molecule has 0 aliphatic heterocycles. The topological polar surface area (TPSA) is 108 Å². The Hall–Kier alpha value is -5.12. The van der Waals surface area contributed by atoms with Gasteiger partial charge in [-0.3, -0.25) is 0 Å². The van der Waals surface area contributed by atoms with Crippen LogP contribution in [0.2, 0.25) is 0 Å². The van der Waals surface area contributed by atoms with E-state index in [9.17, 15) is 9.59 Å². The van der Waals surface area contributed by atoms with Crippen molar-refractivity contribution in [2.45, 2.75) is 53.9 Å². The Labute approximate surface area is 283 Å². The molecule has 0 bridgehead atoms. The zero-order chi connectivity index (χ0) is 35.1. The zero-order valence-electron chi connectivity index (χ0n) is 28.7. The number of carbonyl (C=O) groups is 2. The molecule has 0 N–H and O–H groups in total. The highest BCUT2D eigenvalue weighted by Gasteiger charge is 2.34. The first-order chi connectivity index (χ1) is 23.3. The van der Waals surface area contributed by atoms with Crippen LogP contribution in [0.4, 0.5) is 0 Å². The van der Waals surface area contributed by atoms with E-state index in [-0.39, 0.29) is 74.1 Å². The summed E-state index contributed by atoms with van der Waals surface area (Å²) in [5.74, 6) is -0.0385. The van der Waals surface area contributed by atoms with Gasteiger partial charge in [0.25, 0.3) is 0 Å². The van der Waals surface area contributed by atoms with Crippen LogP contribution >= 0.6 is 0 Å². The molecule has 0 aromatic heterocycles. The summed E-state index contributed by atoms with van der Waals surface area (Å²) in [7, 11) is 0. The first kappa shape index (κ1) is 37.3. The lowest BCUT2D eigenvalue weighted by molar-refractivity contribution is -0.130. The van der Waals surface area contributed by atoms with Crippen LogP contribution in [0.1, 0.15) is 64.2 Å². The Balaban J connectivity index is 2.56. The fourth-order valence-corrected chi connectivity index (χ4v) is 5.13. The van der Waals surface area contributed by atoms with Crippen molar-refractivity contribution in [2.75, 3.05) is 39.6 Å². The number of hydrogen-bond acceptors (Lipinski definition) is 10. The van der Waals surface area contributed by atoms with Crippen molar-refractivity contribution in [3.05, 3.63) is 84.5 Å². The van der Waals surface area contributed by atoms with Crippen LogP contribution in [0.3, 0.4) is 0 Å². The van der Waals surface area contributed by atoms with Gasteiger partial charge in [-0.2, -0.15) is 0 Å². The van der Waals surface area contributed by atoms with E-state index in [0.717, 1.165) is 17.7 Å². The predicted octanol–water partition coefficient (Wildman–Crippen LogP) is 7.64. The van der Waals surface area contributed by atoms with Gasteiger partial charge in [-0.1, -0.05) is 43.5 Å². The summed E-state index contributed by atoms with van der Waals surface area (Å²) in [5.41, 5.74) is 2.32. The Morgan fingerprint density at radius 2 is 0.938 bits per heavy atom. The Morgan fingerprint density at radius 1 is 0.562 bits per heavy atom. The van der Waals surface area contributed by atoms with Crippen molar-refractivity contribution in [1.82, 2.24) is 0 Å². The molecule has 258 valence electrons. The quantitative estimate of drug-likeness (QED) is 0.0681. The molecule has 0 aliphatic carbocycles. The maximum atomic E-state index is 12.5. The second kappa shape index (κ2) is 18.9. The molecule has 0 radical (unpaired) electrons. The van der Waals surface area contributed by atoms with Gasteiger partial charge in [0.15, 0.2) is 23.0 Å². The zero-order valence-corrected chi connectivity index (χ0v) is 28.7. The Bertz CT molecular complexity index is 1450. The van der Waals surface area contributed by atoms with E-state index < -0.39 is 17.9 Å². The molecule has 10 nitrogen and oxygen atoms in total. The minimum Gasteiger partial charge on any atom is -0.490 e. The van der Waals surface area contributed by atoms with E-state index >= 15 is 0 Å². The summed E-state index contributed by atoms with van der Waals surface area (Å²) in [5, 5.41) is 0. The summed E-state index contributed by atoms with van der Waals surface area (Å²) in [6.45, 7) is 19.7. The number of ether oxygens (including phenoxy) is 8. The average Bonchev–Trinajstić information content (AvgIpc) is 3.09. The molecule has 0 aliphatic rings. The fourth-order valence-electron chi connectivity index (χ4n) is 5.13. The van der Waals surface area contributed by atoms with Crippen molar-refractivity contribution in [3.8, 4) is 46.0 Å². The van der Waals surface area contributed by atoms with Crippen molar-refractivity contribution < 1.29 is 47.5 Å². The van der Waals surface area contributed by atoms with Crippen molar-refractivity contribution in [3.63, 3.8) is 0 Å². The molecule has 0 spiro atoms. The lowest BCUT2D eigenvalue weighted by Crippen LogP contribution is -2.16. The summed E-state index contributed by atoms with van der Waals surface area (Å²) in [6.07, 6.45) is 2.59. The van der Waals surface area contributed by atoms with Gasteiger partial charge in [-0.25, -0.2) is 9.59 Å². The molecule has 0 saturated carbocycles. The minimum absolute atomic E-state index is 0.0796. The van der Waals surface area contributed by atoms with Crippen LogP contribution in [0.5, 0.6) is 46.0 Å². The van der Waals surface area contributed by atoms with Crippen molar-refractivity contribution >= 4 is 11.9 Å². The van der Waals surface area contributed by atoms with Gasteiger partial charge >= 0.3 is 11.9 Å². The minimum atomic E-state index is -0.682. The molecule has 0 heterocycles. The van der Waals surface area contributed by atoms with Crippen LogP contribution in [-0.4, -0.2) is 51.6 Å². The van der Waals surface area contributed by atoms with Crippen LogP contribution in [-0.2, 0) is 16.0 Å². The second-order valence-electron chi connectivity index (χ2n) is 9.99. The molecule has 0 fully saturated rings.